The number of aromatic nitrogens is 1. The molecular weight excluding hydrogens is 226 g/mol. The number of thiophene rings is 1. The Morgan fingerprint density at radius 3 is 2.82 bits per heavy atom. The van der Waals surface area contributed by atoms with E-state index in [9.17, 15) is 0 Å². The summed E-state index contributed by atoms with van der Waals surface area (Å²) in [5.74, 6) is 0. The van der Waals surface area contributed by atoms with E-state index in [0.29, 0.717) is 0 Å². The molecule has 0 spiro atoms. The molecule has 0 atom stereocenters. The second-order valence-corrected chi connectivity index (χ2v) is 5.58. The van der Waals surface area contributed by atoms with E-state index >= 15 is 0 Å². The zero-order valence-corrected chi connectivity index (χ0v) is 11.4. The number of hydrogen-bond acceptors (Lipinski definition) is 2. The third kappa shape index (κ3) is 3.16. The van der Waals surface area contributed by atoms with Crippen LogP contribution in [0.15, 0.2) is 30.6 Å². The van der Waals surface area contributed by atoms with Crippen LogP contribution in [0.3, 0.4) is 0 Å². The number of pyridine rings is 1. The highest BCUT2D eigenvalue weighted by Crippen LogP contribution is 2.30. The summed E-state index contributed by atoms with van der Waals surface area (Å²) in [4.78, 5) is 7.06. The Labute approximate surface area is 108 Å². The van der Waals surface area contributed by atoms with Crippen molar-refractivity contribution in [3.05, 3.63) is 41.0 Å². The summed E-state index contributed by atoms with van der Waals surface area (Å²) in [5, 5.41) is 0. The molecule has 0 saturated heterocycles. The van der Waals surface area contributed by atoms with Crippen LogP contribution in [0.4, 0.5) is 0 Å². The Kier molecular flexibility index (Phi) is 4.32. The molecule has 2 heterocycles. The van der Waals surface area contributed by atoms with Crippen molar-refractivity contribution in [2.75, 3.05) is 0 Å². The van der Waals surface area contributed by atoms with Gasteiger partial charge in [-0.2, -0.15) is 0 Å². The van der Waals surface area contributed by atoms with E-state index in [1.807, 2.05) is 23.7 Å². The first kappa shape index (κ1) is 12.3. The minimum Gasteiger partial charge on any atom is -0.264 e. The smallest absolute Gasteiger partial charge is 0.0363 e. The van der Waals surface area contributed by atoms with Gasteiger partial charge in [0.05, 0.1) is 0 Å². The fourth-order valence-electron chi connectivity index (χ4n) is 1.93. The third-order valence-electron chi connectivity index (χ3n) is 2.99. The van der Waals surface area contributed by atoms with Gasteiger partial charge in [-0.1, -0.05) is 19.8 Å². The van der Waals surface area contributed by atoms with Crippen LogP contribution in [0, 0.1) is 6.92 Å². The number of rotatable bonds is 5. The van der Waals surface area contributed by atoms with Crippen molar-refractivity contribution in [3.63, 3.8) is 0 Å². The van der Waals surface area contributed by atoms with Gasteiger partial charge in [0.2, 0.25) is 0 Å². The minimum absolute atomic E-state index is 1.22. The Bertz CT molecular complexity index is 473. The van der Waals surface area contributed by atoms with Crippen molar-refractivity contribution in [2.45, 2.75) is 39.5 Å². The van der Waals surface area contributed by atoms with Gasteiger partial charge in [-0.25, -0.2) is 0 Å². The zero-order valence-electron chi connectivity index (χ0n) is 10.6. The van der Waals surface area contributed by atoms with E-state index in [2.05, 4.69) is 37.0 Å². The van der Waals surface area contributed by atoms with Crippen molar-refractivity contribution in [1.29, 1.82) is 0 Å². The Morgan fingerprint density at radius 2 is 2.06 bits per heavy atom. The Balaban J connectivity index is 2.10. The summed E-state index contributed by atoms with van der Waals surface area (Å²) in [6, 6.07) is 6.57. The molecule has 2 rings (SSSR count). The van der Waals surface area contributed by atoms with Crippen LogP contribution in [0.25, 0.3) is 10.4 Å². The first-order chi connectivity index (χ1) is 8.31. The Morgan fingerprint density at radius 1 is 1.18 bits per heavy atom. The topological polar surface area (TPSA) is 12.9 Å². The third-order valence-corrected chi connectivity index (χ3v) is 4.17. The van der Waals surface area contributed by atoms with Gasteiger partial charge in [0.1, 0.15) is 0 Å². The van der Waals surface area contributed by atoms with Gasteiger partial charge < -0.3 is 0 Å². The summed E-state index contributed by atoms with van der Waals surface area (Å²) in [6.07, 6.45) is 8.98. The molecule has 0 radical (unpaired) electrons. The fourth-order valence-corrected chi connectivity index (χ4v) is 3.05. The highest BCUT2D eigenvalue weighted by atomic mass is 32.1. The number of unbranched alkanes of at least 4 members (excludes halogenated alkanes) is 2. The molecule has 0 aromatic carbocycles. The van der Waals surface area contributed by atoms with Gasteiger partial charge in [0.25, 0.3) is 0 Å². The Hall–Kier alpha value is -1.15. The first-order valence-electron chi connectivity index (χ1n) is 6.31. The average Bonchev–Trinajstić information content (AvgIpc) is 2.79. The molecule has 2 heteroatoms. The molecule has 17 heavy (non-hydrogen) atoms. The monoisotopic (exact) mass is 245 g/mol. The molecule has 0 aliphatic rings. The van der Waals surface area contributed by atoms with Crippen LogP contribution < -0.4 is 0 Å². The molecule has 1 nitrogen and oxygen atoms in total. The highest BCUT2D eigenvalue weighted by Gasteiger charge is 2.05. The number of aryl methyl sites for hydroxylation is 2. The molecule has 0 bridgehead atoms. The van der Waals surface area contributed by atoms with Crippen LogP contribution >= 0.6 is 11.3 Å². The van der Waals surface area contributed by atoms with Crippen LogP contribution in [0.5, 0.6) is 0 Å². The van der Waals surface area contributed by atoms with Gasteiger partial charge in [-0.05, 0) is 43.5 Å². The van der Waals surface area contributed by atoms with Crippen molar-refractivity contribution in [1.82, 2.24) is 4.98 Å². The van der Waals surface area contributed by atoms with E-state index < -0.39 is 0 Å². The lowest BCUT2D eigenvalue weighted by atomic mass is 10.1. The van der Waals surface area contributed by atoms with Gasteiger partial charge in [0.15, 0.2) is 0 Å². The maximum Gasteiger partial charge on any atom is 0.0363 e. The molecular formula is C15H19NS. The predicted molar refractivity (Wildman–Crippen MR) is 75.5 cm³/mol. The standard InChI is InChI=1S/C15H19NS/c1-3-4-5-6-13-7-8-15(17-13)14-11-16-10-9-12(14)2/h7-11H,3-6H2,1-2H3. The predicted octanol–water partition coefficient (Wildman–Crippen LogP) is 4.85. The molecule has 0 amide bonds. The highest BCUT2D eigenvalue weighted by molar-refractivity contribution is 7.15. The lowest BCUT2D eigenvalue weighted by Crippen LogP contribution is -1.81. The fraction of sp³-hybridized carbons (Fsp3) is 0.400. The maximum absolute atomic E-state index is 4.21. The van der Waals surface area contributed by atoms with Crippen molar-refractivity contribution < 1.29 is 0 Å². The molecule has 0 saturated carbocycles. The maximum atomic E-state index is 4.21. The molecule has 2 aromatic rings. The van der Waals surface area contributed by atoms with E-state index in [0.717, 1.165) is 0 Å². The van der Waals surface area contributed by atoms with Crippen molar-refractivity contribution >= 4 is 11.3 Å². The van der Waals surface area contributed by atoms with E-state index in [4.69, 9.17) is 0 Å². The number of hydrogen-bond donors (Lipinski definition) is 0. The zero-order chi connectivity index (χ0) is 12.1. The van der Waals surface area contributed by atoms with Gasteiger partial charge in [-0.3, -0.25) is 4.98 Å². The first-order valence-corrected chi connectivity index (χ1v) is 7.12. The number of nitrogens with zero attached hydrogens (tertiary/aromatic N) is 1. The largest absolute Gasteiger partial charge is 0.264 e. The molecule has 0 unspecified atom stereocenters. The molecule has 0 aliphatic heterocycles. The van der Waals surface area contributed by atoms with Crippen LogP contribution in [0.2, 0.25) is 0 Å². The molecule has 0 N–H and O–H groups in total. The van der Waals surface area contributed by atoms with Crippen LogP contribution in [-0.2, 0) is 6.42 Å². The van der Waals surface area contributed by atoms with E-state index in [1.165, 1.54) is 46.6 Å². The minimum atomic E-state index is 1.22. The van der Waals surface area contributed by atoms with Crippen LogP contribution in [0.1, 0.15) is 36.6 Å². The molecule has 2 aromatic heterocycles. The lowest BCUT2D eigenvalue weighted by molar-refractivity contribution is 0.722. The van der Waals surface area contributed by atoms with Crippen molar-refractivity contribution in [3.8, 4) is 10.4 Å². The summed E-state index contributed by atoms with van der Waals surface area (Å²) in [5.41, 5.74) is 2.58. The quantitative estimate of drug-likeness (QED) is 0.686. The van der Waals surface area contributed by atoms with Gasteiger partial charge >= 0.3 is 0 Å². The summed E-state index contributed by atoms with van der Waals surface area (Å²) < 4.78 is 0. The summed E-state index contributed by atoms with van der Waals surface area (Å²) in [6.45, 7) is 4.40. The lowest BCUT2D eigenvalue weighted by Gasteiger charge is -2.00. The SMILES string of the molecule is CCCCCc1ccc(-c2cnccc2C)s1. The summed E-state index contributed by atoms with van der Waals surface area (Å²) in [7, 11) is 0. The average molecular weight is 245 g/mol. The molecule has 0 aliphatic carbocycles. The van der Waals surface area contributed by atoms with Crippen molar-refractivity contribution in [2.24, 2.45) is 0 Å². The van der Waals surface area contributed by atoms with E-state index in [-0.39, 0.29) is 0 Å². The van der Waals surface area contributed by atoms with E-state index in [1.54, 1.807) is 0 Å². The second-order valence-electron chi connectivity index (χ2n) is 4.41. The normalized spacial score (nSPS) is 10.7. The van der Waals surface area contributed by atoms with Crippen LogP contribution in [-0.4, -0.2) is 4.98 Å². The van der Waals surface area contributed by atoms with Gasteiger partial charge in [-0.15, -0.1) is 11.3 Å². The molecule has 0 fully saturated rings. The molecule has 90 valence electrons. The van der Waals surface area contributed by atoms with Gasteiger partial charge in [0, 0.05) is 27.7 Å². The second kappa shape index (κ2) is 5.97. The summed E-state index contributed by atoms with van der Waals surface area (Å²) >= 11 is 1.91.